The molecule has 0 aromatic heterocycles. The molecule has 2 aliphatic rings. The molecule has 0 unspecified atom stereocenters. The van der Waals surface area contributed by atoms with Crippen LogP contribution < -0.4 is 9.47 Å². The summed E-state index contributed by atoms with van der Waals surface area (Å²) in [4.78, 5) is 11.3. The molecule has 24 heavy (non-hydrogen) atoms. The number of carboxylic acid groups (broad SMARTS) is 1. The molecule has 3 rings (SSSR count). The summed E-state index contributed by atoms with van der Waals surface area (Å²) in [7, 11) is 0. The molecular weight excluding hydrogens is 308 g/mol. The van der Waals surface area contributed by atoms with Crippen LogP contribution in [-0.2, 0) is 0 Å². The molecule has 0 heterocycles. The lowest BCUT2D eigenvalue weighted by Crippen LogP contribution is -2.23. The average Bonchev–Trinajstić information content (AvgIpc) is 2.59. The molecule has 1 aromatic carbocycles. The molecular formula is C19H26O5. The van der Waals surface area contributed by atoms with E-state index in [1.165, 1.54) is 18.9 Å². The molecule has 0 amide bonds. The molecule has 5 heteroatoms. The van der Waals surface area contributed by atoms with Crippen LogP contribution in [0.25, 0.3) is 0 Å². The Hall–Kier alpha value is -1.91. The molecule has 5 nitrogen and oxygen atoms in total. The fraction of sp³-hybridized carbons (Fsp3) is 0.632. The zero-order valence-corrected chi connectivity index (χ0v) is 14.0. The zero-order valence-electron chi connectivity index (χ0n) is 14.0. The van der Waals surface area contributed by atoms with E-state index < -0.39 is 5.97 Å². The summed E-state index contributed by atoms with van der Waals surface area (Å²) < 4.78 is 12.1. The average molecular weight is 334 g/mol. The molecule has 0 bridgehead atoms. The third-order valence-corrected chi connectivity index (χ3v) is 5.01. The lowest BCUT2D eigenvalue weighted by molar-refractivity contribution is 0.0690. The van der Waals surface area contributed by atoms with Crippen LogP contribution in [0.4, 0.5) is 0 Å². The number of aromatic hydroxyl groups is 1. The second kappa shape index (κ2) is 7.77. The zero-order chi connectivity index (χ0) is 16.9. The van der Waals surface area contributed by atoms with Gasteiger partial charge in [0.25, 0.3) is 0 Å². The minimum atomic E-state index is -1.16. The first-order chi connectivity index (χ1) is 11.6. The van der Waals surface area contributed by atoms with Crippen LogP contribution in [-0.4, -0.2) is 28.4 Å². The Kier molecular flexibility index (Phi) is 5.48. The number of hydrogen-bond acceptors (Lipinski definition) is 4. The molecule has 2 saturated carbocycles. The number of ether oxygens (including phenoxy) is 2. The molecule has 1 aromatic rings. The molecule has 0 spiro atoms. The van der Waals surface area contributed by atoms with Crippen LogP contribution in [0, 0.1) is 0 Å². The maximum absolute atomic E-state index is 11.3. The second-order valence-electron chi connectivity index (χ2n) is 6.85. The van der Waals surface area contributed by atoms with E-state index in [1.54, 1.807) is 6.07 Å². The summed E-state index contributed by atoms with van der Waals surface area (Å²) in [6.45, 7) is 0. The van der Waals surface area contributed by atoms with Gasteiger partial charge in [-0.3, -0.25) is 0 Å². The van der Waals surface area contributed by atoms with Gasteiger partial charge in [-0.15, -0.1) is 0 Å². The minimum absolute atomic E-state index is 0.0161. The maximum atomic E-state index is 11.3. The predicted octanol–water partition coefficient (Wildman–Crippen LogP) is 4.51. The SMILES string of the molecule is O=C(O)c1ccc(OC2CCCCC2)c(OC2CCCCC2)c1O. The number of rotatable bonds is 5. The highest BCUT2D eigenvalue weighted by Crippen LogP contribution is 2.42. The number of hydrogen-bond donors (Lipinski definition) is 2. The van der Waals surface area contributed by atoms with Gasteiger partial charge in [-0.25, -0.2) is 4.79 Å². The smallest absolute Gasteiger partial charge is 0.339 e. The number of carboxylic acids is 1. The highest BCUT2D eigenvalue weighted by atomic mass is 16.5. The van der Waals surface area contributed by atoms with Gasteiger partial charge in [0.15, 0.2) is 11.5 Å². The minimum Gasteiger partial charge on any atom is -0.504 e. The van der Waals surface area contributed by atoms with Gasteiger partial charge in [0.2, 0.25) is 5.75 Å². The van der Waals surface area contributed by atoms with Crippen LogP contribution in [0.2, 0.25) is 0 Å². The fourth-order valence-corrected chi connectivity index (χ4v) is 3.64. The molecule has 2 aliphatic carbocycles. The van der Waals surface area contributed by atoms with Gasteiger partial charge in [0.1, 0.15) is 5.56 Å². The Bertz CT molecular complexity index is 571. The number of aromatic carboxylic acids is 1. The quantitative estimate of drug-likeness (QED) is 0.828. The molecule has 0 radical (unpaired) electrons. The topological polar surface area (TPSA) is 76.0 Å². The van der Waals surface area contributed by atoms with Crippen molar-refractivity contribution in [1.29, 1.82) is 0 Å². The lowest BCUT2D eigenvalue weighted by Gasteiger charge is -2.27. The normalized spacial score (nSPS) is 19.8. The van der Waals surface area contributed by atoms with Crippen LogP contribution in [0.5, 0.6) is 17.2 Å². The molecule has 132 valence electrons. The van der Waals surface area contributed by atoms with E-state index in [-0.39, 0.29) is 29.3 Å². The van der Waals surface area contributed by atoms with Gasteiger partial charge in [0.05, 0.1) is 12.2 Å². The Morgan fingerprint density at radius 3 is 1.96 bits per heavy atom. The van der Waals surface area contributed by atoms with Gasteiger partial charge in [0, 0.05) is 0 Å². The van der Waals surface area contributed by atoms with E-state index in [1.807, 2.05) is 0 Å². The van der Waals surface area contributed by atoms with Crippen molar-refractivity contribution in [3.63, 3.8) is 0 Å². The van der Waals surface area contributed by atoms with Crippen molar-refractivity contribution in [3.05, 3.63) is 17.7 Å². The third kappa shape index (κ3) is 3.94. The molecule has 2 fully saturated rings. The molecule has 0 atom stereocenters. The van der Waals surface area contributed by atoms with Crippen molar-refractivity contribution in [2.75, 3.05) is 0 Å². The van der Waals surface area contributed by atoms with Crippen LogP contribution in [0.3, 0.4) is 0 Å². The standard InChI is InChI=1S/C19H26O5/c20-17-15(19(21)22)11-12-16(23-13-7-3-1-4-8-13)18(17)24-14-9-5-2-6-10-14/h11-14,20H,1-10H2,(H,21,22). The van der Waals surface area contributed by atoms with Crippen molar-refractivity contribution < 1.29 is 24.5 Å². The van der Waals surface area contributed by atoms with Gasteiger partial charge in [-0.2, -0.15) is 0 Å². The van der Waals surface area contributed by atoms with Crippen LogP contribution in [0.15, 0.2) is 12.1 Å². The van der Waals surface area contributed by atoms with Crippen molar-refractivity contribution in [3.8, 4) is 17.2 Å². The van der Waals surface area contributed by atoms with E-state index in [0.29, 0.717) is 5.75 Å². The summed E-state index contributed by atoms with van der Waals surface area (Å²) in [6.07, 6.45) is 10.9. The lowest BCUT2D eigenvalue weighted by atomic mass is 9.97. The maximum Gasteiger partial charge on any atom is 0.339 e. The number of phenols is 1. The Morgan fingerprint density at radius 1 is 0.875 bits per heavy atom. The van der Waals surface area contributed by atoms with Crippen molar-refractivity contribution in [2.24, 2.45) is 0 Å². The predicted molar refractivity (Wildman–Crippen MR) is 90.1 cm³/mol. The second-order valence-corrected chi connectivity index (χ2v) is 6.85. The number of benzene rings is 1. The van der Waals surface area contributed by atoms with Crippen molar-refractivity contribution >= 4 is 5.97 Å². The van der Waals surface area contributed by atoms with Crippen molar-refractivity contribution in [2.45, 2.75) is 76.4 Å². The Balaban J connectivity index is 1.84. The van der Waals surface area contributed by atoms with Gasteiger partial charge in [-0.05, 0) is 63.5 Å². The van der Waals surface area contributed by atoms with Gasteiger partial charge < -0.3 is 19.7 Å². The summed E-state index contributed by atoms with van der Waals surface area (Å²) in [5.74, 6) is -0.811. The van der Waals surface area contributed by atoms with Crippen molar-refractivity contribution in [1.82, 2.24) is 0 Å². The van der Waals surface area contributed by atoms with E-state index in [2.05, 4.69) is 0 Å². The molecule has 0 saturated heterocycles. The first-order valence-corrected chi connectivity index (χ1v) is 9.07. The summed E-state index contributed by atoms with van der Waals surface area (Å²) in [5.41, 5.74) is -0.142. The third-order valence-electron chi connectivity index (χ3n) is 5.01. The Morgan fingerprint density at radius 2 is 1.42 bits per heavy atom. The highest BCUT2D eigenvalue weighted by molar-refractivity contribution is 5.92. The van der Waals surface area contributed by atoms with Gasteiger partial charge >= 0.3 is 5.97 Å². The van der Waals surface area contributed by atoms with Crippen LogP contribution >= 0.6 is 0 Å². The first kappa shape index (κ1) is 16.9. The largest absolute Gasteiger partial charge is 0.504 e. The summed E-state index contributed by atoms with van der Waals surface area (Å²) in [5, 5.41) is 19.7. The number of carbonyl (C=O) groups is 1. The molecule has 0 aliphatic heterocycles. The highest BCUT2D eigenvalue weighted by Gasteiger charge is 2.25. The van der Waals surface area contributed by atoms with Crippen LogP contribution in [0.1, 0.15) is 74.6 Å². The van der Waals surface area contributed by atoms with Gasteiger partial charge in [-0.1, -0.05) is 12.8 Å². The summed E-state index contributed by atoms with van der Waals surface area (Å²) >= 11 is 0. The Labute approximate surface area is 142 Å². The van der Waals surface area contributed by atoms with E-state index in [0.717, 1.165) is 51.4 Å². The van der Waals surface area contributed by atoms with E-state index in [9.17, 15) is 15.0 Å². The fourth-order valence-electron chi connectivity index (χ4n) is 3.64. The first-order valence-electron chi connectivity index (χ1n) is 9.07. The van der Waals surface area contributed by atoms with E-state index >= 15 is 0 Å². The molecule has 2 N–H and O–H groups in total. The van der Waals surface area contributed by atoms with E-state index in [4.69, 9.17) is 9.47 Å². The summed E-state index contributed by atoms with van der Waals surface area (Å²) in [6, 6.07) is 3.01. The monoisotopic (exact) mass is 334 g/mol.